The van der Waals surface area contributed by atoms with Crippen molar-refractivity contribution >= 4 is 11.3 Å². The van der Waals surface area contributed by atoms with E-state index in [1.54, 1.807) is 17.5 Å². The summed E-state index contributed by atoms with van der Waals surface area (Å²) in [5, 5.41) is 1.76. The van der Waals surface area contributed by atoms with Crippen LogP contribution in [0.3, 0.4) is 0 Å². The molecule has 0 aliphatic carbocycles. The molecule has 1 nitrogen and oxygen atoms in total. The molecule has 0 amide bonds. The van der Waals surface area contributed by atoms with Crippen LogP contribution in [0, 0.1) is 6.57 Å². The molecule has 3 heteroatoms. The van der Waals surface area contributed by atoms with Crippen molar-refractivity contribution in [1.82, 2.24) is 0 Å². The molecule has 0 saturated carbocycles. The fourth-order valence-corrected chi connectivity index (χ4v) is 1.13. The maximum Gasteiger partial charge on any atom is 0.397 e. The average Bonchev–Trinajstić information content (AvgIpc) is 2.37. The first-order valence-corrected chi connectivity index (χ1v) is 3.26. The average molecular weight is 141 g/mol. The third kappa shape index (κ3) is 1.27. The van der Waals surface area contributed by atoms with Crippen LogP contribution in [0.4, 0.5) is 4.39 Å². The molecule has 46 valence electrons. The quantitative estimate of drug-likeness (QED) is 0.418. The highest BCUT2D eigenvalue weighted by atomic mass is 32.1. The van der Waals surface area contributed by atoms with Crippen LogP contribution >= 0.6 is 11.3 Å². The number of rotatable bonds is 1. The van der Waals surface area contributed by atoms with E-state index in [1.165, 1.54) is 11.3 Å². The molecule has 1 aromatic rings. The molecule has 0 spiro atoms. The molecular weight excluding hydrogens is 137 g/mol. The molecule has 1 heterocycles. The Morgan fingerprint density at radius 3 is 3.00 bits per heavy atom. The van der Waals surface area contributed by atoms with Crippen molar-refractivity contribution in [3.8, 4) is 0 Å². The lowest BCUT2D eigenvalue weighted by atomic mass is 10.4. The number of alkyl halides is 1. The fraction of sp³-hybridized carbons (Fsp3) is 0.167. The van der Waals surface area contributed by atoms with Gasteiger partial charge in [-0.3, -0.25) is 4.85 Å². The summed E-state index contributed by atoms with van der Waals surface area (Å²) in [6, 6.07) is 3.35. The van der Waals surface area contributed by atoms with E-state index >= 15 is 0 Å². The molecule has 0 N–H and O–H groups in total. The van der Waals surface area contributed by atoms with Crippen molar-refractivity contribution < 1.29 is 4.39 Å². The van der Waals surface area contributed by atoms with E-state index < -0.39 is 6.30 Å². The number of halogens is 1. The zero-order chi connectivity index (χ0) is 6.69. The minimum Gasteiger partial charge on any atom is -0.272 e. The molecule has 0 saturated heterocycles. The minimum absolute atomic E-state index is 0.491. The Hall–Kier alpha value is -0.880. The Morgan fingerprint density at radius 2 is 2.56 bits per heavy atom. The first-order valence-electron chi connectivity index (χ1n) is 2.38. The molecule has 0 bridgehead atoms. The van der Waals surface area contributed by atoms with Crippen LogP contribution in [0.5, 0.6) is 0 Å². The van der Waals surface area contributed by atoms with E-state index in [2.05, 4.69) is 4.85 Å². The summed E-state index contributed by atoms with van der Waals surface area (Å²) >= 11 is 1.27. The van der Waals surface area contributed by atoms with Crippen molar-refractivity contribution in [2.75, 3.05) is 0 Å². The first-order chi connectivity index (χ1) is 4.34. The molecule has 1 unspecified atom stereocenters. The van der Waals surface area contributed by atoms with Gasteiger partial charge in [-0.1, -0.05) is 6.07 Å². The van der Waals surface area contributed by atoms with Gasteiger partial charge in [0.2, 0.25) is 0 Å². The van der Waals surface area contributed by atoms with Gasteiger partial charge in [0.1, 0.15) is 4.88 Å². The maximum atomic E-state index is 12.4. The van der Waals surface area contributed by atoms with Gasteiger partial charge in [0.25, 0.3) is 0 Å². The van der Waals surface area contributed by atoms with E-state index in [-0.39, 0.29) is 0 Å². The lowest BCUT2D eigenvalue weighted by Crippen LogP contribution is -1.74. The Bertz CT molecular complexity index is 211. The molecule has 0 aromatic carbocycles. The van der Waals surface area contributed by atoms with Crippen LogP contribution in [0.15, 0.2) is 17.5 Å². The van der Waals surface area contributed by atoms with Crippen molar-refractivity contribution in [3.63, 3.8) is 0 Å². The molecule has 0 fully saturated rings. The van der Waals surface area contributed by atoms with Gasteiger partial charge in [-0.15, -0.1) is 11.3 Å². The Kier molecular flexibility index (Phi) is 1.81. The Morgan fingerprint density at radius 1 is 1.78 bits per heavy atom. The lowest BCUT2D eigenvalue weighted by molar-refractivity contribution is 0.417. The maximum absolute atomic E-state index is 12.4. The summed E-state index contributed by atoms with van der Waals surface area (Å²) in [6.07, 6.45) is -1.45. The molecular formula is C6H4FNS. The predicted octanol–water partition coefficient (Wildman–Crippen LogP) is 2.64. The van der Waals surface area contributed by atoms with Crippen LogP contribution in [-0.4, -0.2) is 0 Å². The van der Waals surface area contributed by atoms with E-state index in [4.69, 9.17) is 6.57 Å². The van der Waals surface area contributed by atoms with E-state index in [9.17, 15) is 4.39 Å². The van der Waals surface area contributed by atoms with E-state index in [0.717, 1.165) is 0 Å². The fourth-order valence-electron chi connectivity index (χ4n) is 0.490. The molecule has 1 rings (SSSR count). The standard InChI is InChI=1S/C6H4FNS/c1-8-6(7)5-3-2-4-9-5/h2-4,6H. The second-order valence-corrected chi connectivity index (χ2v) is 2.46. The van der Waals surface area contributed by atoms with E-state index in [1.807, 2.05) is 0 Å². The number of nitrogens with zero attached hydrogens (tertiary/aromatic N) is 1. The topological polar surface area (TPSA) is 4.36 Å². The van der Waals surface area contributed by atoms with Crippen molar-refractivity contribution in [2.24, 2.45) is 0 Å². The number of thiophene rings is 1. The SMILES string of the molecule is [C-]#[N+]C(F)c1cccs1. The molecule has 1 aromatic heterocycles. The summed E-state index contributed by atoms with van der Waals surface area (Å²) in [6.45, 7) is 6.34. The van der Waals surface area contributed by atoms with Gasteiger partial charge < -0.3 is 0 Å². The van der Waals surface area contributed by atoms with Crippen molar-refractivity contribution in [3.05, 3.63) is 33.8 Å². The van der Waals surface area contributed by atoms with Gasteiger partial charge in [0.15, 0.2) is 0 Å². The third-order valence-corrected chi connectivity index (χ3v) is 1.79. The van der Waals surface area contributed by atoms with Crippen LogP contribution in [0.2, 0.25) is 0 Å². The van der Waals surface area contributed by atoms with Crippen LogP contribution in [-0.2, 0) is 0 Å². The largest absolute Gasteiger partial charge is 0.397 e. The van der Waals surface area contributed by atoms with Crippen LogP contribution in [0.25, 0.3) is 4.85 Å². The summed E-state index contributed by atoms with van der Waals surface area (Å²) in [4.78, 5) is 3.22. The summed E-state index contributed by atoms with van der Waals surface area (Å²) in [5.74, 6) is 0. The number of hydrogen-bond donors (Lipinski definition) is 0. The highest BCUT2D eigenvalue weighted by molar-refractivity contribution is 7.10. The van der Waals surface area contributed by atoms with Crippen molar-refractivity contribution in [2.45, 2.75) is 6.30 Å². The zero-order valence-corrected chi connectivity index (χ0v) is 5.36. The van der Waals surface area contributed by atoms with Gasteiger partial charge in [-0.05, 0) is 11.4 Å². The van der Waals surface area contributed by atoms with Crippen LogP contribution in [0.1, 0.15) is 11.2 Å². The molecule has 1 atom stereocenters. The summed E-state index contributed by atoms with van der Waals surface area (Å²) in [5.41, 5.74) is 0. The summed E-state index contributed by atoms with van der Waals surface area (Å²) in [7, 11) is 0. The third-order valence-electron chi connectivity index (χ3n) is 0.891. The molecule has 9 heavy (non-hydrogen) atoms. The normalized spacial score (nSPS) is 12.4. The monoisotopic (exact) mass is 141 g/mol. The Labute approximate surface area is 56.6 Å². The second kappa shape index (κ2) is 2.60. The first kappa shape index (κ1) is 6.24. The van der Waals surface area contributed by atoms with Gasteiger partial charge >= 0.3 is 6.30 Å². The molecule has 0 aliphatic heterocycles. The number of hydrogen-bond acceptors (Lipinski definition) is 1. The van der Waals surface area contributed by atoms with E-state index in [0.29, 0.717) is 4.88 Å². The van der Waals surface area contributed by atoms with Gasteiger partial charge in [0.05, 0.1) is 0 Å². The zero-order valence-electron chi connectivity index (χ0n) is 4.54. The van der Waals surface area contributed by atoms with Gasteiger partial charge in [-0.2, -0.15) is 4.39 Å². The molecule has 0 aliphatic rings. The summed E-state index contributed by atoms with van der Waals surface area (Å²) < 4.78 is 12.4. The minimum atomic E-state index is -1.45. The molecule has 0 radical (unpaired) electrons. The smallest absolute Gasteiger partial charge is 0.272 e. The highest BCUT2D eigenvalue weighted by Gasteiger charge is 2.12. The van der Waals surface area contributed by atoms with Gasteiger partial charge in [-0.25, -0.2) is 6.57 Å². The van der Waals surface area contributed by atoms with Gasteiger partial charge in [0, 0.05) is 0 Å². The predicted molar refractivity (Wildman–Crippen MR) is 34.8 cm³/mol. The lowest BCUT2D eigenvalue weighted by Gasteiger charge is -1.85. The second-order valence-electron chi connectivity index (χ2n) is 1.48. The van der Waals surface area contributed by atoms with Crippen LogP contribution < -0.4 is 0 Å². The van der Waals surface area contributed by atoms with Crippen molar-refractivity contribution in [1.29, 1.82) is 0 Å². The Balaban J connectivity index is 2.80. The highest BCUT2D eigenvalue weighted by Crippen LogP contribution is 2.22.